The maximum absolute atomic E-state index is 5.11. The van der Waals surface area contributed by atoms with E-state index in [-0.39, 0.29) is 0 Å². The molecule has 0 atom stereocenters. The maximum Gasteiger partial charge on any atom is 0.135 e. The van der Waals surface area contributed by atoms with Gasteiger partial charge in [0.05, 0.1) is 5.71 Å². The van der Waals surface area contributed by atoms with E-state index in [1.165, 1.54) is 11.1 Å². The molecule has 4 aromatic rings. The Kier molecular flexibility index (Phi) is 4.45. The van der Waals surface area contributed by atoms with Gasteiger partial charge in [-0.1, -0.05) is 109 Å². The lowest BCUT2D eigenvalue weighted by atomic mass is 9.75. The fourth-order valence-corrected chi connectivity index (χ4v) is 4.38. The molecule has 140 valence electrons. The summed E-state index contributed by atoms with van der Waals surface area (Å²) in [5.41, 5.74) is 5.34. The third kappa shape index (κ3) is 2.85. The molecule has 0 bridgehead atoms. The Morgan fingerprint density at radius 3 is 1.52 bits per heavy atom. The minimum atomic E-state index is -0.495. The zero-order chi connectivity index (χ0) is 19.5. The summed E-state index contributed by atoms with van der Waals surface area (Å²) >= 11 is 0. The van der Waals surface area contributed by atoms with Crippen molar-refractivity contribution in [3.63, 3.8) is 0 Å². The van der Waals surface area contributed by atoms with Crippen molar-refractivity contribution in [1.82, 2.24) is 0 Å². The smallest absolute Gasteiger partial charge is 0.135 e. The molecule has 0 spiro atoms. The van der Waals surface area contributed by atoms with Crippen LogP contribution in [0, 0.1) is 0 Å². The van der Waals surface area contributed by atoms with Gasteiger partial charge in [0.2, 0.25) is 0 Å². The highest BCUT2D eigenvalue weighted by atomic mass is 15.3. The van der Waals surface area contributed by atoms with Crippen LogP contribution in [0.5, 0.6) is 0 Å². The molecule has 0 N–H and O–H groups in total. The van der Waals surface area contributed by atoms with Crippen molar-refractivity contribution in [2.75, 3.05) is 11.6 Å². The first-order chi connectivity index (χ1) is 14.4. The summed E-state index contributed by atoms with van der Waals surface area (Å²) in [6.07, 6.45) is 0. The summed E-state index contributed by atoms with van der Waals surface area (Å²) in [4.78, 5) is 7.53. The number of benzene rings is 4. The van der Waals surface area contributed by atoms with Crippen molar-refractivity contribution in [1.29, 1.82) is 0 Å². The highest BCUT2D eigenvalue weighted by Gasteiger charge is 2.48. The molecule has 2 heteroatoms. The molecule has 0 amide bonds. The van der Waals surface area contributed by atoms with Gasteiger partial charge in [0, 0.05) is 5.69 Å². The normalized spacial score (nSPS) is 15.2. The summed E-state index contributed by atoms with van der Waals surface area (Å²) in [5, 5.41) is 0. The molecule has 0 aromatic heterocycles. The Bertz CT molecular complexity index is 1060. The third-order valence-electron chi connectivity index (χ3n) is 5.62. The average Bonchev–Trinajstić information content (AvgIpc) is 3.23. The van der Waals surface area contributed by atoms with Gasteiger partial charge < -0.3 is 4.90 Å². The zero-order valence-electron chi connectivity index (χ0n) is 16.1. The Morgan fingerprint density at radius 1 is 0.552 bits per heavy atom. The molecule has 29 heavy (non-hydrogen) atoms. The molecule has 1 aliphatic rings. The molecule has 0 fully saturated rings. The van der Waals surface area contributed by atoms with E-state index in [1.807, 2.05) is 0 Å². The van der Waals surface area contributed by atoms with Crippen molar-refractivity contribution in [2.24, 2.45) is 4.99 Å². The molecule has 0 unspecified atom stereocenters. The summed E-state index contributed by atoms with van der Waals surface area (Å²) in [7, 11) is 0. The summed E-state index contributed by atoms with van der Waals surface area (Å²) < 4.78 is 0. The van der Waals surface area contributed by atoms with E-state index >= 15 is 0 Å². The number of para-hydroxylation sites is 1. The van der Waals surface area contributed by atoms with Crippen LogP contribution < -0.4 is 4.90 Å². The van der Waals surface area contributed by atoms with Crippen LogP contribution in [-0.4, -0.2) is 12.4 Å². The molecule has 0 saturated heterocycles. The molecule has 2 nitrogen and oxygen atoms in total. The minimum absolute atomic E-state index is 0.495. The van der Waals surface area contributed by atoms with E-state index in [2.05, 4.69) is 126 Å². The second kappa shape index (κ2) is 7.40. The van der Waals surface area contributed by atoms with E-state index < -0.39 is 5.54 Å². The minimum Gasteiger partial charge on any atom is -0.333 e. The van der Waals surface area contributed by atoms with Gasteiger partial charge in [-0.3, -0.25) is 4.99 Å². The molecule has 0 aliphatic carbocycles. The van der Waals surface area contributed by atoms with Crippen LogP contribution in [0.4, 0.5) is 5.69 Å². The fourth-order valence-electron chi connectivity index (χ4n) is 4.38. The molecule has 4 aromatic carbocycles. The zero-order valence-corrected chi connectivity index (χ0v) is 16.1. The first-order valence-corrected chi connectivity index (χ1v) is 9.95. The lowest BCUT2D eigenvalue weighted by Gasteiger charge is -2.42. The molecular weight excluding hydrogens is 352 g/mol. The van der Waals surface area contributed by atoms with Crippen LogP contribution in [-0.2, 0) is 5.54 Å². The van der Waals surface area contributed by atoms with Crippen LogP contribution in [0.1, 0.15) is 16.7 Å². The molecule has 5 rings (SSSR count). The van der Waals surface area contributed by atoms with Crippen molar-refractivity contribution < 1.29 is 0 Å². The van der Waals surface area contributed by atoms with Crippen molar-refractivity contribution in [3.8, 4) is 0 Å². The monoisotopic (exact) mass is 374 g/mol. The van der Waals surface area contributed by atoms with Gasteiger partial charge in [-0.15, -0.1) is 0 Å². The Morgan fingerprint density at radius 2 is 1.00 bits per heavy atom. The van der Waals surface area contributed by atoms with Crippen molar-refractivity contribution >= 4 is 11.4 Å². The van der Waals surface area contributed by atoms with Crippen LogP contribution in [0.3, 0.4) is 0 Å². The molecule has 1 aliphatic heterocycles. The number of anilines is 1. The third-order valence-corrected chi connectivity index (χ3v) is 5.62. The Hall–Kier alpha value is -3.65. The van der Waals surface area contributed by atoms with E-state index in [0.717, 1.165) is 17.0 Å². The van der Waals surface area contributed by atoms with E-state index in [4.69, 9.17) is 4.99 Å². The van der Waals surface area contributed by atoms with Gasteiger partial charge in [-0.2, -0.15) is 0 Å². The lowest BCUT2D eigenvalue weighted by molar-refractivity contribution is 0.662. The number of hydrogen-bond acceptors (Lipinski definition) is 2. The largest absolute Gasteiger partial charge is 0.333 e. The fraction of sp³-hybridized carbons (Fsp3) is 0.0741. The highest BCUT2D eigenvalue weighted by molar-refractivity contribution is 6.13. The van der Waals surface area contributed by atoms with Gasteiger partial charge in [0.25, 0.3) is 0 Å². The average molecular weight is 374 g/mol. The van der Waals surface area contributed by atoms with Crippen molar-refractivity contribution in [3.05, 3.63) is 138 Å². The molecule has 0 radical (unpaired) electrons. The maximum atomic E-state index is 5.11. The second-order valence-electron chi connectivity index (χ2n) is 7.22. The molecule has 1 heterocycles. The number of aliphatic imine (C=N–C) groups is 1. The quantitative estimate of drug-likeness (QED) is 0.434. The SMILES string of the molecule is c1ccc(C2=NCN(c3ccccc3)C2(c2ccccc2)c2ccccc2)cc1. The van der Waals surface area contributed by atoms with Gasteiger partial charge in [-0.05, 0) is 28.8 Å². The van der Waals surface area contributed by atoms with Crippen LogP contribution in [0.15, 0.2) is 126 Å². The Balaban J connectivity index is 1.83. The Labute approximate surface area is 171 Å². The van der Waals surface area contributed by atoms with Crippen LogP contribution >= 0.6 is 0 Å². The molecule has 0 saturated carbocycles. The number of hydrogen-bond donors (Lipinski definition) is 0. The predicted octanol–water partition coefficient (Wildman–Crippen LogP) is 5.90. The van der Waals surface area contributed by atoms with E-state index in [0.29, 0.717) is 6.67 Å². The van der Waals surface area contributed by atoms with Crippen LogP contribution in [0.25, 0.3) is 0 Å². The second-order valence-corrected chi connectivity index (χ2v) is 7.22. The van der Waals surface area contributed by atoms with Crippen LogP contribution in [0.2, 0.25) is 0 Å². The lowest BCUT2D eigenvalue weighted by Crippen LogP contribution is -2.49. The topological polar surface area (TPSA) is 15.6 Å². The van der Waals surface area contributed by atoms with E-state index in [9.17, 15) is 0 Å². The van der Waals surface area contributed by atoms with E-state index in [1.54, 1.807) is 0 Å². The number of rotatable bonds is 4. The standard InChI is InChI=1S/C27H22N2/c1-5-13-22(14-6-1)26-27(23-15-7-2-8-16-23,24-17-9-3-10-18-24)29(21-28-26)25-19-11-4-12-20-25/h1-20H,21H2. The summed E-state index contributed by atoms with van der Waals surface area (Å²) in [6.45, 7) is 0.609. The molecular formula is C27H22N2. The first-order valence-electron chi connectivity index (χ1n) is 9.95. The van der Waals surface area contributed by atoms with Gasteiger partial charge in [0.1, 0.15) is 12.2 Å². The first kappa shape index (κ1) is 17.4. The number of nitrogens with zero attached hydrogens (tertiary/aromatic N) is 2. The van der Waals surface area contributed by atoms with Crippen molar-refractivity contribution in [2.45, 2.75) is 5.54 Å². The highest BCUT2D eigenvalue weighted by Crippen LogP contribution is 2.45. The summed E-state index contributed by atoms with van der Waals surface area (Å²) in [6, 6.07) is 42.6. The predicted molar refractivity (Wildman–Crippen MR) is 120 cm³/mol. The summed E-state index contributed by atoms with van der Waals surface area (Å²) in [5.74, 6) is 0. The van der Waals surface area contributed by atoms with Gasteiger partial charge in [-0.25, -0.2) is 0 Å². The van der Waals surface area contributed by atoms with Gasteiger partial charge in [0.15, 0.2) is 0 Å². The van der Waals surface area contributed by atoms with Gasteiger partial charge >= 0.3 is 0 Å².